The number of rotatable bonds is 7. The molecule has 0 unspecified atom stereocenters. The van der Waals surface area contributed by atoms with E-state index in [2.05, 4.69) is 4.72 Å². The number of benzene rings is 1. The molecule has 0 aliphatic rings. The number of carboxylic acid groups (broad SMARTS) is 1. The average molecular weight is 337 g/mol. The number of sulfonamides is 1. The maximum atomic E-state index is 12.1. The maximum Gasteiger partial charge on any atom is 0.303 e. The van der Waals surface area contributed by atoms with Gasteiger partial charge in [-0.25, -0.2) is 13.1 Å². The fourth-order valence-corrected chi connectivity index (χ4v) is 3.20. The van der Waals surface area contributed by atoms with Crippen LogP contribution in [-0.2, 0) is 14.8 Å². The highest BCUT2D eigenvalue weighted by Gasteiger charge is 2.23. The normalized spacial score (nSPS) is 11.3. The van der Waals surface area contributed by atoms with Gasteiger partial charge in [0.1, 0.15) is 5.02 Å². The molecule has 0 aromatic heterocycles. The van der Waals surface area contributed by atoms with E-state index in [-0.39, 0.29) is 34.9 Å². The predicted octanol–water partition coefficient (Wildman–Crippen LogP) is 1.70. The van der Waals surface area contributed by atoms with Crippen LogP contribution in [0.1, 0.15) is 18.4 Å². The van der Waals surface area contributed by atoms with Gasteiger partial charge in [-0.1, -0.05) is 11.6 Å². The number of halogens is 1. The molecular formula is C11H13ClN2O6S. The van der Waals surface area contributed by atoms with Crippen molar-refractivity contribution < 1.29 is 23.2 Å². The Morgan fingerprint density at radius 1 is 1.48 bits per heavy atom. The lowest BCUT2D eigenvalue weighted by molar-refractivity contribution is -0.384. The number of aliphatic carboxylic acids is 1. The van der Waals surface area contributed by atoms with Crippen molar-refractivity contribution in [3.05, 3.63) is 32.8 Å². The lowest BCUT2D eigenvalue weighted by Gasteiger charge is -2.09. The van der Waals surface area contributed by atoms with E-state index in [1.54, 1.807) is 0 Å². The highest BCUT2D eigenvalue weighted by molar-refractivity contribution is 7.89. The van der Waals surface area contributed by atoms with Crippen LogP contribution in [0.4, 0.5) is 5.69 Å². The van der Waals surface area contributed by atoms with Crippen molar-refractivity contribution in [3.8, 4) is 0 Å². The Labute approximate surface area is 125 Å². The molecule has 0 fully saturated rings. The number of hydrogen-bond acceptors (Lipinski definition) is 5. The quantitative estimate of drug-likeness (QED) is 0.443. The molecule has 1 aromatic rings. The van der Waals surface area contributed by atoms with E-state index in [9.17, 15) is 23.3 Å². The molecule has 8 nitrogen and oxygen atoms in total. The van der Waals surface area contributed by atoms with Crippen molar-refractivity contribution in [1.82, 2.24) is 4.72 Å². The Morgan fingerprint density at radius 3 is 2.62 bits per heavy atom. The van der Waals surface area contributed by atoms with Gasteiger partial charge in [0.05, 0.1) is 9.82 Å². The molecule has 21 heavy (non-hydrogen) atoms. The zero-order chi connectivity index (χ0) is 16.2. The van der Waals surface area contributed by atoms with Gasteiger partial charge in [0.2, 0.25) is 10.0 Å². The molecule has 0 radical (unpaired) electrons. The monoisotopic (exact) mass is 336 g/mol. The van der Waals surface area contributed by atoms with Gasteiger partial charge in [-0.15, -0.1) is 0 Å². The zero-order valence-corrected chi connectivity index (χ0v) is 12.6. The summed E-state index contributed by atoms with van der Waals surface area (Å²) >= 11 is 5.69. The number of carboxylic acids is 1. The Bertz CT molecular complexity index is 674. The van der Waals surface area contributed by atoms with Gasteiger partial charge in [-0.05, 0) is 25.0 Å². The molecule has 0 heterocycles. The second-order valence-corrected chi connectivity index (χ2v) is 6.36. The third-order valence-electron chi connectivity index (χ3n) is 2.59. The summed E-state index contributed by atoms with van der Waals surface area (Å²) in [5.74, 6) is -1.03. The van der Waals surface area contributed by atoms with Crippen molar-refractivity contribution in [2.75, 3.05) is 6.54 Å². The van der Waals surface area contributed by atoms with E-state index < -0.39 is 26.6 Å². The number of nitro groups is 1. The second-order valence-electron chi connectivity index (χ2n) is 4.22. The van der Waals surface area contributed by atoms with Crippen LogP contribution in [0.3, 0.4) is 0 Å². The summed E-state index contributed by atoms with van der Waals surface area (Å²) in [6.07, 6.45) is -0.0639. The van der Waals surface area contributed by atoms with Gasteiger partial charge in [-0.3, -0.25) is 14.9 Å². The van der Waals surface area contributed by atoms with Crippen LogP contribution in [0.2, 0.25) is 5.02 Å². The van der Waals surface area contributed by atoms with Crippen molar-refractivity contribution in [1.29, 1.82) is 0 Å². The van der Waals surface area contributed by atoms with Gasteiger partial charge in [-0.2, -0.15) is 0 Å². The SMILES string of the molecule is Cc1cc(Cl)c([N+](=O)[O-])cc1S(=O)(=O)NCCCC(=O)O. The van der Waals surface area contributed by atoms with Gasteiger partial charge in [0.25, 0.3) is 5.69 Å². The van der Waals surface area contributed by atoms with Crippen LogP contribution in [-0.4, -0.2) is 31.0 Å². The molecule has 1 rings (SSSR count). The minimum Gasteiger partial charge on any atom is -0.481 e. The summed E-state index contributed by atoms with van der Waals surface area (Å²) in [6.45, 7) is 1.38. The van der Waals surface area contributed by atoms with Crippen LogP contribution in [0.5, 0.6) is 0 Å². The Kier molecular flexibility index (Phi) is 5.64. The third kappa shape index (κ3) is 4.66. The van der Waals surface area contributed by atoms with Gasteiger partial charge in [0.15, 0.2) is 0 Å². The summed E-state index contributed by atoms with van der Waals surface area (Å²) in [7, 11) is -3.97. The highest BCUT2D eigenvalue weighted by Crippen LogP contribution is 2.29. The molecule has 0 saturated heterocycles. The molecule has 0 aliphatic carbocycles. The van der Waals surface area contributed by atoms with E-state index in [0.717, 1.165) is 6.07 Å². The Hall–Kier alpha value is -1.71. The van der Waals surface area contributed by atoms with E-state index in [0.29, 0.717) is 0 Å². The van der Waals surface area contributed by atoms with E-state index in [1.165, 1.54) is 13.0 Å². The second kappa shape index (κ2) is 6.83. The molecule has 1 aromatic carbocycles. The summed E-state index contributed by atoms with van der Waals surface area (Å²) in [4.78, 5) is 20.1. The number of aryl methyl sites for hydroxylation is 1. The fourth-order valence-electron chi connectivity index (χ4n) is 1.60. The first-order valence-electron chi connectivity index (χ1n) is 5.81. The standard InChI is InChI=1S/C11H13ClN2O6S/c1-7-5-8(12)9(14(17)18)6-10(7)21(19,20)13-4-2-3-11(15)16/h5-6,13H,2-4H2,1H3,(H,15,16). The Morgan fingerprint density at radius 2 is 2.10 bits per heavy atom. The largest absolute Gasteiger partial charge is 0.481 e. The number of hydrogen-bond donors (Lipinski definition) is 2. The predicted molar refractivity (Wildman–Crippen MR) is 74.9 cm³/mol. The first-order valence-corrected chi connectivity index (χ1v) is 7.67. The van der Waals surface area contributed by atoms with Crippen molar-refractivity contribution in [2.45, 2.75) is 24.7 Å². The minimum atomic E-state index is -3.97. The lowest BCUT2D eigenvalue weighted by atomic mass is 10.2. The minimum absolute atomic E-state index is 0.0789. The van der Waals surface area contributed by atoms with Gasteiger partial charge >= 0.3 is 5.97 Å². The average Bonchev–Trinajstić information content (AvgIpc) is 2.33. The van der Waals surface area contributed by atoms with Crippen LogP contribution in [0, 0.1) is 17.0 Å². The van der Waals surface area contributed by atoms with Gasteiger partial charge < -0.3 is 5.11 Å². The smallest absolute Gasteiger partial charge is 0.303 e. The number of nitro benzene ring substituents is 1. The highest BCUT2D eigenvalue weighted by atomic mass is 35.5. The van der Waals surface area contributed by atoms with E-state index in [1.807, 2.05) is 0 Å². The molecular weight excluding hydrogens is 324 g/mol. The van der Waals surface area contributed by atoms with Crippen LogP contribution in [0.15, 0.2) is 17.0 Å². The molecule has 0 spiro atoms. The molecule has 0 saturated carbocycles. The van der Waals surface area contributed by atoms with E-state index in [4.69, 9.17) is 16.7 Å². The van der Waals surface area contributed by atoms with Crippen LogP contribution >= 0.6 is 11.6 Å². The molecule has 0 bridgehead atoms. The zero-order valence-electron chi connectivity index (χ0n) is 11.0. The Balaban J connectivity index is 3.00. The van der Waals surface area contributed by atoms with E-state index >= 15 is 0 Å². The summed E-state index contributed by atoms with van der Waals surface area (Å²) in [5.41, 5.74) is -0.246. The third-order valence-corrected chi connectivity index (χ3v) is 4.50. The van der Waals surface area contributed by atoms with Crippen molar-refractivity contribution >= 4 is 33.3 Å². The first-order chi connectivity index (χ1) is 9.65. The number of carbonyl (C=O) groups is 1. The summed E-state index contributed by atoms with van der Waals surface area (Å²) in [5, 5.41) is 19.1. The van der Waals surface area contributed by atoms with Gasteiger partial charge in [0, 0.05) is 19.0 Å². The molecule has 10 heteroatoms. The maximum absolute atomic E-state index is 12.1. The molecule has 0 aliphatic heterocycles. The number of nitrogens with one attached hydrogen (secondary N) is 1. The lowest BCUT2D eigenvalue weighted by Crippen LogP contribution is -2.26. The van der Waals surface area contributed by atoms with Crippen LogP contribution < -0.4 is 4.72 Å². The number of nitrogens with zero attached hydrogens (tertiary/aromatic N) is 1. The summed E-state index contributed by atoms with van der Waals surface area (Å²) < 4.78 is 26.3. The topological polar surface area (TPSA) is 127 Å². The molecule has 2 N–H and O–H groups in total. The summed E-state index contributed by atoms with van der Waals surface area (Å²) in [6, 6.07) is 2.09. The molecule has 0 amide bonds. The van der Waals surface area contributed by atoms with Crippen molar-refractivity contribution in [2.24, 2.45) is 0 Å². The first kappa shape index (κ1) is 17.3. The van der Waals surface area contributed by atoms with Crippen LogP contribution in [0.25, 0.3) is 0 Å². The van der Waals surface area contributed by atoms with Crippen molar-refractivity contribution in [3.63, 3.8) is 0 Å². The molecule has 0 atom stereocenters. The molecule has 116 valence electrons. The fraction of sp³-hybridized carbons (Fsp3) is 0.364.